The van der Waals surface area contributed by atoms with Gasteiger partial charge in [-0.1, -0.05) is 13.8 Å². The van der Waals surface area contributed by atoms with Crippen LogP contribution in [0.1, 0.15) is 43.0 Å². The van der Waals surface area contributed by atoms with Gasteiger partial charge in [0.05, 0.1) is 5.39 Å². The van der Waals surface area contributed by atoms with Crippen LogP contribution in [0.15, 0.2) is 4.79 Å². The number of aromatic amines is 1. The van der Waals surface area contributed by atoms with Gasteiger partial charge < -0.3 is 15.6 Å². The molecule has 0 fully saturated rings. The monoisotopic (exact) mass is 376 g/mol. The van der Waals surface area contributed by atoms with Crippen LogP contribution in [0, 0.1) is 5.92 Å². The van der Waals surface area contributed by atoms with Gasteiger partial charge in [0.2, 0.25) is 11.8 Å². The highest BCUT2D eigenvalue weighted by Crippen LogP contribution is 2.34. The molecule has 3 rings (SSSR count). The van der Waals surface area contributed by atoms with Gasteiger partial charge in [-0.15, -0.1) is 11.3 Å². The Bertz CT molecular complexity index is 884. The number of amides is 2. The largest absolute Gasteiger partial charge is 0.354 e. The van der Waals surface area contributed by atoms with Crippen molar-refractivity contribution in [2.75, 3.05) is 13.1 Å². The summed E-state index contributed by atoms with van der Waals surface area (Å²) in [6, 6.07) is 0. The Balaban J connectivity index is 1.51. The number of carbonyl (C=O) groups excluding carboxylic acids is 2. The molecule has 3 N–H and O–H groups in total. The fraction of sp³-hybridized carbons (Fsp3) is 0.556. The summed E-state index contributed by atoms with van der Waals surface area (Å²) < 4.78 is 0. The summed E-state index contributed by atoms with van der Waals surface area (Å²) in [6.45, 7) is 4.43. The van der Waals surface area contributed by atoms with E-state index in [-0.39, 0.29) is 29.7 Å². The molecule has 1 aliphatic carbocycles. The Morgan fingerprint density at radius 2 is 2.00 bits per heavy atom. The van der Waals surface area contributed by atoms with Crippen molar-refractivity contribution in [3.63, 3.8) is 0 Å². The molecule has 0 bridgehead atoms. The van der Waals surface area contributed by atoms with Crippen molar-refractivity contribution >= 4 is 33.4 Å². The Labute approximate surface area is 155 Å². The topological polar surface area (TPSA) is 104 Å². The van der Waals surface area contributed by atoms with E-state index in [1.165, 1.54) is 4.88 Å². The molecule has 0 unspecified atom stereocenters. The number of rotatable bonds is 7. The van der Waals surface area contributed by atoms with Gasteiger partial charge in [-0.25, -0.2) is 4.98 Å². The summed E-state index contributed by atoms with van der Waals surface area (Å²) in [4.78, 5) is 45.1. The molecule has 1 aliphatic rings. The zero-order valence-corrected chi connectivity index (χ0v) is 15.9. The Morgan fingerprint density at radius 3 is 2.77 bits per heavy atom. The third-order valence-electron chi connectivity index (χ3n) is 4.48. The molecule has 0 saturated carbocycles. The van der Waals surface area contributed by atoms with Crippen molar-refractivity contribution in [3.8, 4) is 0 Å². The summed E-state index contributed by atoms with van der Waals surface area (Å²) in [5, 5.41) is 6.24. The number of thiophene rings is 1. The normalized spacial score (nSPS) is 13.2. The van der Waals surface area contributed by atoms with Crippen LogP contribution in [0.2, 0.25) is 0 Å². The Hall–Kier alpha value is -2.22. The Kier molecular flexibility index (Phi) is 5.70. The van der Waals surface area contributed by atoms with Crippen LogP contribution in [-0.2, 0) is 28.9 Å². The number of hydrogen-bond acceptors (Lipinski definition) is 5. The minimum atomic E-state index is -0.125. The third kappa shape index (κ3) is 4.12. The van der Waals surface area contributed by atoms with E-state index in [0.29, 0.717) is 25.3 Å². The second kappa shape index (κ2) is 7.99. The highest BCUT2D eigenvalue weighted by atomic mass is 32.1. The summed E-state index contributed by atoms with van der Waals surface area (Å²) >= 11 is 1.60. The minimum Gasteiger partial charge on any atom is -0.354 e. The summed E-state index contributed by atoms with van der Waals surface area (Å²) in [6.07, 6.45) is 3.72. The quantitative estimate of drug-likeness (QED) is 0.634. The molecule has 8 heteroatoms. The van der Waals surface area contributed by atoms with Gasteiger partial charge in [0, 0.05) is 36.7 Å². The van der Waals surface area contributed by atoms with Crippen molar-refractivity contribution in [3.05, 3.63) is 26.6 Å². The molecule has 0 aromatic carbocycles. The smallest absolute Gasteiger partial charge is 0.259 e. The second-order valence-corrected chi connectivity index (χ2v) is 7.93. The zero-order valence-electron chi connectivity index (χ0n) is 15.1. The zero-order chi connectivity index (χ0) is 18.7. The molecule has 2 heterocycles. The lowest BCUT2D eigenvalue weighted by molar-refractivity contribution is -0.124. The van der Waals surface area contributed by atoms with Gasteiger partial charge in [-0.2, -0.15) is 0 Å². The molecule has 2 aromatic heterocycles. The van der Waals surface area contributed by atoms with E-state index in [1.807, 2.05) is 13.8 Å². The first-order chi connectivity index (χ1) is 12.5. The molecular weight excluding hydrogens is 352 g/mol. The Morgan fingerprint density at radius 1 is 1.23 bits per heavy atom. The van der Waals surface area contributed by atoms with Crippen LogP contribution < -0.4 is 16.2 Å². The van der Waals surface area contributed by atoms with Gasteiger partial charge in [0.1, 0.15) is 10.7 Å². The fourth-order valence-electron chi connectivity index (χ4n) is 3.08. The number of aryl methyl sites for hydroxylation is 3. The van der Waals surface area contributed by atoms with E-state index in [9.17, 15) is 14.4 Å². The van der Waals surface area contributed by atoms with Gasteiger partial charge in [-0.05, 0) is 24.8 Å². The molecule has 0 spiro atoms. The van der Waals surface area contributed by atoms with E-state index in [2.05, 4.69) is 20.6 Å². The minimum absolute atomic E-state index is 0.0304. The number of carbonyl (C=O) groups is 2. The van der Waals surface area contributed by atoms with E-state index in [0.717, 1.165) is 35.0 Å². The van der Waals surface area contributed by atoms with Crippen molar-refractivity contribution in [2.24, 2.45) is 5.92 Å². The number of aromatic nitrogens is 2. The number of nitrogens with zero attached hydrogens (tertiary/aromatic N) is 1. The standard InChI is InChI=1S/C18H24N4O3S/c1-10(2)16(24)20-9-8-19-14(23)7-6-13-21-17(25)15-11-4-3-5-12(11)26-18(15)22-13/h10H,3-9H2,1-2H3,(H,19,23)(H,20,24)(H,21,22,25). The van der Waals surface area contributed by atoms with Gasteiger partial charge in [0.15, 0.2) is 0 Å². The van der Waals surface area contributed by atoms with Crippen LogP contribution in [0.3, 0.4) is 0 Å². The van der Waals surface area contributed by atoms with E-state index in [4.69, 9.17) is 0 Å². The van der Waals surface area contributed by atoms with Gasteiger partial charge in [-0.3, -0.25) is 14.4 Å². The molecule has 2 amide bonds. The summed E-state index contributed by atoms with van der Waals surface area (Å²) in [5.74, 6) is 0.324. The van der Waals surface area contributed by atoms with Crippen LogP contribution in [-0.4, -0.2) is 34.9 Å². The second-order valence-electron chi connectivity index (χ2n) is 6.85. The number of H-pyrrole nitrogens is 1. The molecule has 0 radical (unpaired) electrons. The molecule has 140 valence electrons. The van der Waals surface area contributed by atoms with Crippen LogP contribution in [0.5, 0.6) is 0 Å². The van der Waals surface area contributed by atoms with Crippen LogP contribution in [0.4, 0.5) is 0 Å². The maximum atomic E-state index is 12.4. The molecule has 0 aliphatic heterocycles. The lowest BCUT2D eigenvalue weighted by atomic mass is 10.2. The van der Waals surface area contributed by atoms with Gasteiger partial charge >= 0.3 is 0 Å². The highest BCUT2D eigenvalue weighted by Gasteiger charge is 2.21. The average Bonchev–Trinajstić information content (AvgIpc) is 3.17. The number of fused-ring (bicyclic) bond motifs is 3. The number of nitrogens with one attached hydrogen (secondary N) is 3. The molecule has 7 nitrogen and oxygen atoms in total. The maximum absolute atomic E-state index is 12.4. The number of hydrogen-bond donors (Lipinski definition) is 3. The molecule has 0 atom stereocenters. The fourth-order valence-corrected chi connectivity index (χ4v) is 4.36. The van der Waals surface area contributed by atoms with Crippen LogP contribution >= 0.6 is 11.3 Å². The highest BCUT2D eigenvalue weighted by molar-refractivity contribution is 7.18. The van der Waals surface area contributed by atoms with Crippen molar-refractivity contribution < 1.29 is 9.59 Å². The van der Waals surface area contributed by atoms with Crippen LogP contribution in [0.25, 0.3) is 10.2 Å². The predicted octanol–water partition coefficient (Wildman–Crippen LogP) is 1.29. The van der Waals surface area contributed by atoms with Crippen molar-refractivity contribution in [1.82, 2.24) is 20.6 Å². The first-order valence-electron chi connectivity index (χ1n) is 9.03. The van der Waals surface area contributed by atoms with E-state index in [1.54, 1.807) is 11.3 Å². The summed E-state index contributed by atoms with van der Waals surface area (Å²) in [7, 11) is 0. The summed E-state index contributed by atoms with van der Waals surface area (Å²) in [5.41, 5.74) is 1.06. The molecule has 2 aromatic rings. The maximum Gasteiger partial charge on any atom is 0.259 e. The molecular formula is C18H24N4O3S. The first-order valence-corrected chi connectivity index (χ1v) is 9.85. The van der Waals surface area contributed by atoms with Crippen molar-refractivity contribution in [1.29, 1.82) is 0 Å². The molecule has 0 saturated heterocycles. The third-order valence-corrected chi connectivity index (χ3v) is 5.67. The lowest BCUT2D eigenvalue weighted by Gasteiger charge is -2.08. The van der Waals surface area contributed by atoms with Crippen molar-refractivity contribution in [2.45, 2.75) is 46.0 Å². The first kappa shape index (κ1) is 18.6. The lowest BCUT2D eigenvalue weighted by Crippen LogP contribution is -2.36. The average molecular weight is 376 g/mol. The van der Waals surface area contributed by atoms with E-state index >= 15 is 0 Å². The van der Waals surface area contributed by atoms with E-state index < -0.39 is 0 Å². The predicted molar refractivity (Wildman–Crippen MR) is 101 cm³/mol. The SMILES string of the molecule is CC(C)C(=O)NCCNC(=O)CCc1nc2sc3c(c2c(=O)[nH]1)CCC3. The van der Waals surface area contributed by atoms with Gasteiger partial charge in [0.25, 0.3) is 5.56 Å². The molecule has 26 heavy (non-hydrogen) atoms.